The van der Waals surface area contributed by atoms with Crippen LogP contribution in [0.4, 0.5) is 0 Å². The van der Waals surface area contributed by atoms with Gasteiger partial charge in [-0.15, -0.1) is 5.10 Å². The summed E-state index contributed by atoms with van der Waals surface area (Å²) in [6.45, 7) is 3.01. The van der Waals surface area contributed by atoms with Crippen LogP contribution in [0, 0.1) is 0 Å². The van der Waals surface area contributed by atoms with E-state index in [9.17, 15) is 0 Å². The van der Waals surface area contributed by atoms with Crippen LogP contribution in [0.25, 0.3) is 0 Å². The molecule has 0 spiro atoms. The summed E-state index contributed by atoms with van der Waals surface area (Å²) in [7, 11) is 2.10. The number of halogens is 1. The van der Waals surface area contributed by atoms with Crippen LogP contribution in [0.5, 0.6) is 0 Å². The van der Waals surface area contributed by atoms with Crippen molar-refractivity contribution in [1.29, 1.82) is 0 Å². The minimum atomic E-state index is 0.551. The summed E-state index contributed by atoms with van der Waals surface area (Å²) >= 11 is 9.08. The lowest BCUT2D eigenvalue weighted by atomic mass is 10.2. The van der Waals surface area contributed by atoms with Gasteiger partial charge in [0.25, 0.3) is 0 Å². The molecule has 0 aliphatic rings. The first-order valence-electron chi connectivity index (χ1n) is 4.81. The molecule has 1 heterocycles. The maximum Gasteiger partial charge on any atom is 0.138 e. The average Bonchev–Trinajstić information content (AvgIpc) is 2.61. The summed E-state index contributed by atoms with van der Waals surface area (Å²) in [5, 5.41) is 4.01. The van der Waals surface area contributed by atoms with Crippen LogP contribution in [0.1, 0.15) is 19.0 Å². The number of hydrogen-bond donors (Lipinski definition) is 0. The minimum absolute atomic E-state index is 0.551. The number of rotatable bonds is 6. The summed E-state index contributed by atoms with van der Waals surface area (Å²) in [4.78, 5) is 2.26. The van der Waals surface area contributed by atoms with Crippen molar-refractivity contribution in [2.45, 2.75) is 25.9 Å². The molecule has 1 unspecified atom stereocenters. The van der Waals surface area contributed by atoms with Crippen molar-refractivity contribution in [2.75, 3.05) is 19.1 Å². The van der Waals surface area contributed by atoms with Crippen molar-refractivity contribution in [3.05, 3.63) is 10.0 Å². The Balaban J connectivity index is 2.41. The zero-order valence-corrected chi connectivity index (χ0v) is 11.6. The monoisotopic (exact) mass is 265 g/mol. The zero-order chi connectivity index (χ0) is 11.3. The predicted molar refractivity (Wildman–Crippen MR) is 68.8 cm³/mol. The molecule has 0 saturated heterocycles. The highest BCUT2D eigenvalue weighted by atomic mass is 35.5. The first-order chi connectivity index (χ1) is 7.15. The van der Waals surface area contributed by atoms with Gasteiger partial charge in [0, 0.05) is 24.1 Å². The van der Waals surface area contributed by atoms with Gasteiger partial charge in [0.1, 0.15) is 10.0 Å². The number of nitrogens with zero attached hydrogens (tertiary/aromatic N) is 3. The highest BCUT2D eigenvalue weighted by Crippen LogP contribution is 2.19. The van der Waals surface area contributed by atoms with E-state index >= 15 is 0 Å². The topological polar surface area (TPSA) is 29.0 Å². The van der Waals surface area contributed by atoms with Crippen molar-refractivity contribution in [3.63, 3.8) is 0 Å². The minimum Gasteiger partial charge on any atom is -0.298 e. The maximum atomic E-state index is 5.96. The molecule has 1 aromatic rings. The van der Waals surface area contributed by atoms with Gasteiger partial charge in [-0.2, -0.15) is 11.8 Å². The smallest absolute Gasteiger partial charge is 0.138 e. The van der Waals surface area contributed by atoms with Gasteiger partial charge < -0.3 is 0 Å². The van der Waals surface area contributed by atoms with Crippen molar-refractivity contribution in [3.8, 4) is 0 Å². The van der Waals surface area contributed by atoms with Gasteiger partial charge in [-0.25, -0.2) is 0 Å². The summed E-state index contributed by atoms with van der Waals surface area (Å²) in [5.74, 6) is 1.19. The quantitative estimate of drug-likeness (QED) is 0.791. The molecule has 0 N–H and O–H groups in total. The molecule has 0 saturated carbocycles. The fraction of sp³-hybridized carbons (Fsp3) is 0.778. The molecule has 1 aromatic heterocycles. The van der Waals surface area contributed by atoms with E-state index in [2.05, 4.69) is 34.7 Å². The summed E-state index contributed by atoms with van der Waals surface area (Å²) < 4.78 is 4.53. The molecule has 6 heteroatoms. The Hall–Kier alpha value is 0.160. The molecular formula is C9H16ClN3S2. The Labute approximate surface area is 104 Å². The van der Waals surface area contributed by atoms with Gasteiger partial charge in [0.2, 0.25) is 0 Å². The molecular weight excluding hydrogens is 250 g/mol. The largest absolute Gasteiger partial charge is 0.298 e. The summed E-state index contributed by atoms with van der Waals surface area (Å²) in [6, 6.07) is 0.551. The number of thioether (sulfide) groups is 1. The lowest BCUT2D eigenvalue weighted by Gasteiger charge is -2.23. The SMILES string of the molecule is CSCCC(C)N(C)Cc1nnsc1Cl. The lowest BCUT2D eigenvalue weighted by Crippen LogP contribution is -2.29. The van der Waals surface area contributed by atoms with Gasteiger partial charge in [-0.1, -0.05) is 16.1 Å². The maximum absolute atomic E-state index is 5.96. The Morgan fingerprint density at radius 2 is 2.33 bits per heavy atom. The Morgan fingerprint density at radius 1 is 1.60 bits per heavy atom. The van der Waals surface area contributed by atoms with E-state index < -0.39 is 0 Å². The molecule has 1 rings (SSSR count). The Bertz CT molecular complexity index is 293. The van der Waals surface area contributed by atoms with Crippen LogP contribution >= 0.6 is 34.9 Å². The summed E-state index contributed by atoms with van der Waals surface area (Å²) in [6.07, 6.45) is 3.32. The molecule has 0 bridgehead atoms. The molecule has 15 heavy (non-hydrogen) atoms. The third-order valence-corrected chi connectivity index (χ3v) is 4.03. The van der Waals surface area contributed by atoms with E-state index in [4.69, 9.17) is 11.6 Å². The Morgan fingerprint density at radius 3 is 2.87 bits per heavy atom. The predicted octanol–water partition coefficient (Wildman–Crippen LogP) is 2.76. The number of aromatic nitrogens is 2. The standard InChI is InChI=1S/C9H16ClN3S2/c1-7(4-5-14-3)13(2)6-8-9(10)15-12-11-8/h7H,4-6H2,1-3H3. The van der Waals surface area contributed by atoms with Crippen molar-refractivity contribution in [2.24, 2.45) is 0 Å². The van der Waals surface area contributed by atoms with E-state index in [0.29, 0.717) is 10.4 Å². The highest BCUT2D eigenvalue weighted by Gasteiger charge is 2.13. The molecule has 0 amide bonds. The van der Waals surface area contributed by atoms with Gasteiger partial charge >= 0.3 is 0 Å². The van der Waals surface area contributed by atoms with Crippen molar-refractivity contribution < 1.29 is 0 Å². The fourth-order valence-electron chi connectivity index (χ4n) is 1.19. The van der Waals surface area contributed by atoms with E-state index in [1.165, 1.54) is 23.7 Å². The normalized spacial score (nSPS) is 13.4. The molecule has 0 aromatic carbocycles. The Kier molecular flexibility index (Phi) is 5.89. The van der Waals surface area contributed by atoms with Crippen molar-refractivity contribution >= 4 is 34.9 Å². The van der Waals surface area contributed by atoms with E-state index in [1.807, 2.05) is 11.8 Å². The number of hydrogen-bond acceptors (Lipinski definition) is 5. The van der Waals surface area contributed by atoms with Crippen LogP contribution in [-0.4, -0.2) is 39.6 Å². The van der Waals surface area contributed by atoms with Crippen molar-refractivity contribution in [1.82, 2.24) is 14.5 Å². The van der Waals surface area contributed by atoms with Crippen LogP contribution in [0.2, 0.25) is 4.34 Å². The second-order valence-electron chi connectivity index (χ2n) is 3.54. The van der Waals surface area contributed by atoms with E-state index in [1.54, 1.807) is 0 Å². The zero-order valence-electron chi connectivity index (χ0n) is 9.23. The molecule has 3 nitrogen and oxygen atoms in total. The van der Waals surface area contributed by atoms with Crippen LogP contribution < -0.4 is 0 Å². The first-order valence-corrected chi connectivity index (χ1v) is 7.35. The molecule has 0 aliphatic heterocycles. The third kappa shape index (κ3) is 4.26. The summed E-state index contributed by atoms with van der Waals surface area (Å²) in [5.41, 5.74) is 0.889. The van der Waals surface area contributed by atoms with Gasteiger partial charge in [-0.05, 0) is 32.4 Å². The molecule has 0 fully saturated rings. The molecule has 0 aliphatic carbocycles. The lowest BCUT2D eigenvalue weighted by molar-refractivity contribution is 0.242. The average molecular weight is 266 g/mol. The van der Waals surface area contributed by atoms with Gasteiger partial charge in [0.15, 0.2) is 0 Å². The second-order valence-corrected chi connectivity index (χ2v) is 5.88. The first kappa shape index (κ1) is 13.2. The molecule has 1 atom stereocenters. The second kappa shape index (κ2) is 6.68. The molecule has 86 valence electrons. The highest BCUT2D eigenvalue weighted by molar-refractivity contribution is 7.98. The van der Waals surface area contributed by atoms with Gasteiger partial charge in [0.05, 0.1) is 0 Å². The molecule has 0 radical (unpaired) electrons. The fourth-order valence-corrected chi connectivity index (χ4v) is 2.38. The van der Waals surface area contributed by atoms with Gasteiger partial charge in [-0.3, -0.25) is 4.90 Å². The van der Waals surface area contributed by atoms with E-state index in [-0.39, 0.29) is 0 Å². The van der Waals surface area contributed by atoms with Crippen LogP contribution in [0.3, 0.4) is 0 Å². The van der Waals surface area contributed by atoms with Crippen LogP contribution in [0.15, 0.2) is 0 Å². The van der Waals surface area contributed by atoms with Crippen LogP contribution in [-0.2, 0) is 6.54 Å². The van der Waals surface area contributed by atoms with E-state index in [0.717, 1.165) is 12.2 Å². The third-order valence-electron chi connectivity index (χ3n) is 2.40.